The molecule has 0 atom stereocenters. The summed E-state index contributed by atoms with van der Waals surface area (Å²) in [5.74, 6) is -0.255. The summed E-state index contributed by atoms with van der Waals surface area (Å²) in [4.78, 5) is 13.7. The molecular formula is C21H30N4O5. The van der Waals surface area contributed by atoms with Gasteiger partial charge in [-0.2, -0.15) is 5.11 Å². The number of aliphatic hydroxyl groups excluding tert-OH is 2. The maximum absolute atomic E-state index is 11.6. The lowest BCUT2D eigenvalue weighted by atomic mass is 10.1. The van der Waals surface area contributed by atoms with E-state index < -0.39 is 12.6 Å². The number of hydrogen-bond acceptors (Lipinski definition) is 8. The van der Waals surface area contributed by atoms with Gasteiger partial charge in [0.05, 0.1) is 11.4 Å². The van der Waals surface area contributed by atoms with Crippen LogP contribution in [0.15, 0.2) is 46.6 Å². The van der Waals surface area contributed by atoms with Crippen LogP contribution < -0.4 is 10.2 Å². The number of rotatable bonds is 8. The van der Waals surface area contributed by atoms with Gasteiger partial charge in [-0.25, -0.2) is 0 Å². The fraction of sp³-hybridized carbons (Fsp3) is 0.381. The molecule has 9 nitrogen and oxygen atoms in total. The van der Waals surface area contributed by atoms with Gasteiger partial charge in [0, 0.05) is 36.8 Å². The van der Waals surface area contributed by atoms with Gasteiger partial charge in [-0.1, -0.05) is 7.43 Å². The van der Waals surface area contributed by atoms with Crippen molar-refractivity contribution in [3.8, 4) is 0 Å². The van der Waals surface area contributed by atoms with Gasteiger partial charge in [-0.15, -0.1) is 5.11 Å². The number of carbonyl (C=O) groups excluding carboxylic acids is 1. The van der Waals surface area contributed by atoms with Crippen LogP contribution in [0.2, 0.25) is 0 Å². The maximum atomic E-state index is 11.6. The van der Waals surface area contributed by atoms with E-state index in [2.05, 4.69) is 20.4 Å². The fourth-order valence-electron chi connectivity index (χ4n) is 2.81. The average Bonchev–Trinajstić information content (AvgIpc) is 2.67. The van der Waals surface area contributed by atoms with Crippen molar-refractivity contribution in [2.75, 3.05) is 23.3 Å². The highest BCUT2D eigenvalue weighted by Gasteiger charge is 2.12. The molecule has 0 fully saturated rings. The molecule has 0 saturated carbocycles. The average molecular weight is 418 g/mol. The molecule has 2 aromatic rings. The van der Waals surface area contributed by atoms with Crippen molar-refractivity contribution in [3.05, 3.63) is 47.5 Å². The molecule has 0 spiro atoms. The molecule has 0 aromatic heterocycles. The molecule has 0 aliphatic rings. The van der Waals surface area contributed by atoms with Crippen molar-refractivity contribution in [1.29, 1.82) is 0 Å². The third kappa shape index (κ3) is 6.60. The van der Waals surface area contributed by atoms with E-state index >= 15 is 0 Å². The van der Waals surface area contributed by atoms with Crippen LogP contribution in [-0.4, -0.2) is 39.4 Å². The van der Waals surface area contributed by atoms with Crippen molar-refractivity contribution < 1.29 is 25.2 Å². The van der Waals surface area contributed by atoms with Crippen LogP contribution in [0.1, 0.15) is 51.9 Å². The Morgan fingerprint density at radius 2 is 1.53 bits per heavy atom. The summed E-state index contributed by atoms with van der Waals surface area (Å²) in [6.45, 7) is 7.07. The number of amides is 1. The van der Waals surface area contributed by atoms with Crippen LogP contribution in [-0.2, 0) is 4.79 Å². The highest BCUT2D eigenvalue weighted by molar-refractivity contribution is 5.93. The number of carbonyl (C=O) groups is 1. The van der Waals surface area contributed by atoms with E-state index in [1.807, 2.05) is 19.9 Å². The van der Waals surface area contributed by atoms with E-state index in [0.29, 0.717) is 11.4 Å². The number of benzene rings is 2. The first-order chi connectivity index (χ1) is 13.7. The lowest BCUT2D eigenvalue weighted by Gasteiger charge is -2.22. The van der Waals surface area contributed by atoms with Gasteiger partial charge < -0.3 is 30.6 Å². The zero-order valence-electron chi connectivity index (χ0n) is 16.6. The first-order valence-corrected chi connectivity index (χ1v) is 9.20. The number of aliphatic hydroxyl groups is 4. The molecule has 164 valence electrons. The summed E-state index contributed by atoms with van der Waals surface area (Å²) in [7, 11) is 0. The Morgan fingerprint density at radius 3 is 2.00 bits per heavy atom. The Kier molecular flexibility index (Phi) is 9.54. The predicted molar refractivity (Wildman–Crippen MR) is 116 cm³/mol. The quantitative estimate of drug-likeness (QED) is 0.328. The van der Waals surface area contributed by atoms with Crippen LogP contribution in [0, 0.1) is 0 Å². The van der Waals surface area contributed by atoms with E-state index in [1.165, 1.54) is 25.1 Å². The topological polar surface area (TPSA) is 138 Å². The highest BCUT2D eigenvalue weighted by atomic mass is 16.5. The first kappa shape index (κ1) is 25.2. The molecule has 9 heteroatoms. The van der Waals surface area contributed by atoms with Crippen molar-refractivity contribution in [3.63, 3.8) is 0 Å². The molecule has 0 heterocycles. The predicted octanol–water partition coefficient (Wildman–Crippen LogP) is 3.51. The number of nitrogens with one attached hydrogen (secondary N) is 1. The molecule has 5 N–H and O–H groups in total. The smallest absolute Gasteiger partial charge is 0.221 e. The van der Waals surface area contributed by atoms with Gasteiger partial charge in [0.2, 0.25) is 5.91 Å². The van der Waals surface area contributed by atoms with Crippen LogP contribution in [0.3, 0.4) is 0 Å². The second kappa shape index (κ2) is 11.4. The maximum Gasteiger partial charge on any atom is 0.221 e. The Labute approximate surface area is 176 Å². The Hall–Kier alpha value is -2.85. The second-order valence-electron chi connectivity index (χ2n) is 6.36. The third-order valence-electron chi connectivity index (χ3n) is 4.25. The molecule has 2 aromatic carbocycles. The second-order valence-corrected chi connectivity index (χ2v) is 6.36. The minimum absolute atomic E-state index is 0. The summed E-state index contributed by atoms with van der Waals surface area (Å²) >= 11 is 0. The van der Waals surface area contributed by atoms with Crippen molar-refractivity contribution in [2.45, 2.75) is 40.8 Å². The molecule has 0 bridgehead atoms. The normalized spacial score (nSPS) is 11.1. The summed E-state index contributed by atoms with van der Waals surface area (Å²) < 4.78 is 0. The molecule has 1 amide bonds. The summed E-state index contributed by atoms with van der Waals surface area (Å²) in [5, 5.41) is 48.5. The molecule has 0 unspecified atom stereocenters. The van der Waals surface area contributed by atoms with Gasteiger partial charge in [-0.3, -0.25) is 4.79 Å². The van der Waals surface area contributed by atoms with Crippen LogP contribution >= 0.6 is 0 Å². The van der Waals surface area contributed by atoms with Crippen LogP contribution in [0.4, 0.5) is 22.7 Å². The Bertz CT molecular complexity index is 853. The zero-order chi connectivity index (χ0) is 21.6. The zero-order valence-corrected chi connectivity index (χ0v) is 16.6. The molecule has 0 aliphatic carbocycles. The minimum Gasteiger partial charge on any atom is -0.372 e. The molecule has 0 radical (unpaired) electrons. The standard InChI is InChI=1S/C20H26N4O5.CH4/c1-4-24(5-2)16-6-7-17(18(11-16)21-12(3)25)23-22-15-9-13(19(26)27)8-14(10-15)20(28)29;/h6-11,19-20,26-29H,4-5H2,1-3H3,(H,21,25);1H4. The SMILES string of the molecule is C.CCN(CC)c1ccc(N=Nc2cc(C(O)O)cc(C(O)O)c2)c(NC(C)=O)c1. The molecule has 0 saturated heterocycles. The summed E-state index contributed by atoms with van der Waals surface area (Å²) in [5.41, 5.74) is 2.09. The summed E-state index contributed by atoms with van der Waals surface area (Å²) in [6, 6.07) is 9.36. The van der Waals surface area contributed by atoms with Gasteiger partial charge in [0.25, 0.3) is 0 Å². The highest BCUT2D eigenvalue weighted by Crippen LogP contribution is 2.32. The molecule has 0 aliphatic heterocycles. The van der Waals surface area contributed by atoms with E-state index in [0.717, 1.165) is 18.8 Å². The number of anilines is 2. The van der Waals surface area contributed by atoms with E-state index in [-0.39, 0.29) is 30.1 Å². The largest absolute Gasteiger partial charge is 0.372 e. The van der Waals surface area contributed by atoms with Crippen molar-refractivity contribution >= 4 is 28.7 Å². The fourth-order valence-corrected chi connectivity index (χ4v) is 2.81. The molecule has 30 heavy (non-hydrogen) atoms. The third-order valence-corrected chi connectivity index (χ3v) is 4.25. The van der Waals surface area contributed by atoms with Crippen molar-refractivity contribution in [2.24, 2.45) is 10.2 Å². The van der Waals surface area contributed by atoms with E-state index in [9.17, 15) is 25.2 Å². The first-order valence-electron chi connectivity index (χ1n) is 9.20. The monoisotopic (exact) mass is 418 g/mol. The van der Waals surface area contributed by atoms with Gasteiger partial charge in [-0.05, 0) is 50.2 Å². The molecule has 2 rings (SSSR count). The minimum atomic E-state index is -1.80. The number of azo groups is 1. The number of nitrogens with zero attached hydrogens (tertiary/aromatic N) is 3. The Balaban J connectivity index is 0.00000450. The van der Waals surface area contributed by atoms with Crippen LogP contribution in [0.25, 0.3) is 0 Å². The Morgan fingerprint density at radius 1 is 0.967 bits per heavy atom. The van der Waals surface area contributed by atoms with Crippen molar-refractivity contribution in [1.82, 2.24) is 0 Å². The van der Waals surface area contributed by atoms with Gasteiger partial charge in [0.1, 0.15) is 5.69 Å². The van der Waals surface area contributed by atoms with Crippen LogP contribution in [0.5, 0.6) is 0 Å². The van der Waals surface area contributed by atoms with E-state index in [1.54, 1.807) is 12.1 Å². The van der Waals surface area contributed by atoms with Gasteiger partial charge in [0.15, 0.2) is 12.6 Å². The van der Waals surface area contributed by atoms with E-state index in [4.69, 9.17) is 0 Å². The lowest BCUT2D eigenvalue weighted by molar-refractivity contribution is -0.114. The number of hydrogen-bond donors (Lipinski definition) is 5. The summed E-state index contributed by atoms with van der Waals surface area (Å²) in [6.07, 6.45) is -3.60. The lowest BCUT2D eigenvalue weighted by Crippen LogP contribution is -2.21. The van der Waals surface area contributed by atoms with Gasteiger partial charge >= 0.3 is 0 Å². The molecular weight excluding hydrogens is 388 g/mol.